The highest BCUT2D eigenvalue weighted by atomic mass is 79.9. The van der Waals surface area contributed by atoms with Gasteiger partial charge in [-0.3, -0.25) is 0 Å². The molecule has 1 saturated heterocycles. The van der Waals surface area contributed by atoms with Crippen molar-refractivity contribution in [2.75, 3.05) is 13.2 Å². The summed E-state index contributed by atoms with van der Waals surface area (Å²) >= 11 is 3.51. The van der Waals surface area contributed by atoms with E-state index in [0.717, 1.165) is 71.2 Å². The monoisotopic (exact) mass is 718 g/mol. The van der Waals surface area contributed by atoms with E-state index >= 15 is 0 Å². The fourth-order valence-corrected chi connectivity index (χ4v) is 5.63. The average Bonchev–Trinajstić information content (AvgIpc) is 3.73. The van der Waals surface area contributed by atoms with Crippen molar-refractivity contribution in [2.24, 2.45) is 0 Å². The molecule has 2 N–H and O–H groups in total. The zero-order valence-corrected chi connectivity index (χ0v) is 31.4. The van der Waals surface area contributed by atoms with Gasteiger partial charge in [-0.1, -0.05) is 117 Å². The predicted octanol–water partition coefficient (Wildman–Crippen LogP) is 9.22. The van der Waals surface area contributed by atoms with Crippen molar-refractivity contribution < 1.29 is 14.8 Å². The Bertz CT molecular complexity index is 1660. The van der Waals surface area contributed by atoms with Crippen LogP contribution in [0.3, 0.4) is 0 Å². The fourth-order valence-electron chi connectivity index (χ4n) is 5.23. The molecule has 0 spiro atoms. The molecule has 1 fully saturated rings. The first-order chi connectivity index (χ1) is 23.9. The van der Waals surface area contributed by atoms with Crippen LogP contribution in [0.4, 0.5) is 0 Å². The average molecular weight is 720 g/mol. The Labute approximate surface area is 304 Å². The Morgan fingerprint density at radius 2 is 1.08 bits per heavy atom. The molecule has 4 aromatic carbocycles. The molecule has 256 valence electrons. The number of hydrogen-bond donors (Lipinski definition) is 2. The molecule has 5 heteroatoms. The molecule has 3 nitrogen and oxygen atoms in total. The lowest BCUT2D eigenvalue weighted by atomic mass is 9.78. The van der Waals surface area contributed by atoms with Crippen LogP contribution in [0, 0.1) is 23.7 Å². The van der Waals surface area contributed by atoms with E-state index in [1.165, 1.54) is 55.2 Å². The Morgan fingerprint density at radius 3 is 1.49 bits per heavy atom. The van der Waals surface area contributed by atoms with Crippen molar-refractivity contribution in [2.45, 2.75) is 91.9 Å². The molecule has 0 unspecified atom stereocenters. The smallest absolute Gasteiger partial charge is 0.423 e. The second-order valence-electron chi connectivity index (χ2n) is 12.2. The number of hydrogen-bond acceptors (Lipinski definition) is 3. The molecule has 0 bridgehead atoms. The van der Waals surface area contributed by atoms with E-state index in [1.54, 1.807) is 6.07 Å². The Hall–Kier alpha value is -3.58. The van der Waals surface area contributed by atoms with Gasteiger partial charge in [0.1, 0.15) is 0 Å². The molecule has 5 rings (SSSR count). The van der Waals surface area contributed by atoms with Crippen LogP contribution in [0.1, 0.15) is 111 Å². The lowest BCUT2D eigenvalue weighted by molar-refractivity contribution is 0.198. The number of rotatable bonds is 9. The second-order valence-corrected chi connectivity index (χ2v) is 13.1. The van der Waals surface area contributed by atoms with E-state index in [0.29, 0.717) is 5.46 Å². The van der Waals surface area contributed by atoms with Gasteiger partial charge in [0.2, 0.25) is 0 Å². The van der Waals surface area contributed by atoms with Crippen molar-refractivity contribution in [1.29, 1.82) is 0 Å². The number of aryl methyl sites for hydroxylation is 4. The minimum Gasteiger partial charge on any atom is -0.423 e. The molecule has 0 aliphatic carbocycles. The predicted molar refractivity (Wildman–Crippen MR) is 211 cm³/mol. The van der Waals surface area contributed by atoms with Crippen LogP contribution in [-0.4, -0.2) is 30.4 Å². The van der Waals surface area contributed by atoms with Crippen LogP contribution in [-0.2, 0) is 30.4 Å². The molecule has 0 aromatic heterocycles. The van der Waals surface area contributed by atoms with Gasteiger partial charge in [0.15, 0.2) is 0 Å². The lowest BCUT2D eigenvalue weighted by Crippen LogP contribution is -2.30. The zero-order valence-electron chi connectivity index (χ0n) is 29.8. The zero-order chi connectivity index (χ0) is 35.3. The lowest BCUT2D eigenvalue weighted by Gasteiger charge is -2.05. The quantitative estimate of drug-likeness (QED) is 0.134. The maximum absolute atomic E-state index is 9.25. The number of benzene rings is 4. The molecule has 1 aliphatic heterocycles. The number of halogens is 1. The summed E-state index contributed by atoms with van der Waals surface area (Å²) in [5.41, 5.74) is 9.72. The fraction of sp³-hybridized carbons (Fsp3) is 0.364. The third-order valence-corrected chi connectivity index (χ3v) is 8.81. The van der Waals surface area contributed by atoms with Crippen molar-refractivity contribution >= 4 is 28.5 Å². The molecule has 1 aliphatic rings. The summed E-state index contributed by atoms with van der Waals surface area (Å²) in [5, 5.41) is 18.5. The van der Waals surface area contributed by atoms with Gasteiger partial charge in [-0.05, 0) is 128 Å². The van der Waals surface area contributed by atoms with E-state index in [9.17, 15) is 10.0 Å². The molecule has 0 radical (unpaired) electrons. The van der Waals surface area contributed by atoms with E-state index in [4.69, 9.17) is 4.74 Å². The van der Waals surface area contributed by atoms with Crippen LogP contribution < -0.4 is 5.46 Å². The summed E-state index contributed by atoms with van der Waals surface area (Å²) in [5.74, 6) is 13.0. The summed E-state index contributed by atoms with van der Waals surface area (Å²) < 4.78 is 6.06. The summed E-state index contributed by atoms with van der Waals surface area (Å²) in [6.07, 6.45) is 11.6. The van der Waals surface area contributed by atoms with Crippen molar-refractivity contribution in [3.8, 4) is 23.7 Å². The Balaban J connectivity index is 0.000000232. The molecule has 0 amide bonds. The molecule has 49 heavy (non-hydrogen) atoms. The topological polar surface area (TPSA) is 49.7 Å². The van der Waals surface area contributed by atoms with Crippen molar-refractivity contribution in [3.63, 3.8) is 0 Å². The molecule has 4 aromatic rings. The highest BCUT2D eigenvalue weighted by Gasteiger charge is 2.12. The van der Waals surface area contributed by atoms with Gasteiger partial charge in [-0.2, -0.15) is 0 Å². The molecular weight excluding hydrogens is 667 g/mol. The van der Waals surface area contributed by atoms with Crippen LogP contribution in [0.5, 0.6) is 0 Å². The van der Waals surface area contributed by atoms with E-state index in [2.05, 4.69) is 127 Å². The van der Waals surface area contributed by atoms with Crippen molar-refractivity contribution in [1.82, 2.24) is 0 Å². The normalized spacial score (nSPS) is 11.5. The van der Waals surface area contributed by atoms with Gasteiger partial charge in [0.05, 0.1) is 0 Å². The molecule has 0 saturated carbocycles. The van der Waals surface area contributed by atoms with Crippen LogP contribution in [0.2, 0.25) is 0 Å². The first-order valence-corrected chi connectivity index (χ1v) is 18.7. The Kier molecular flexibility index (Phi) is 18.7. The van der Waals surface area contributed by atoms with Gasteiger partial charge in [0.25, 0.3) is 0 Å². The van der Waals surface area contributed by atoms with Gasteiger partial charge >= 0.3 is 7.12 Å². The van der Waals surface area contributed by atoms with Crippen molar-refractivity contribution in [3.05, 3.63) is 134 Å². The maximum atomic E-state index is 9.25. The minimum absolute atomic E-state index is 0.507. The first kappa shape index (κ1) is 39.9. The van der Waals surface area contributed by atoms with Gasteiger partial charge in [-0.15, -0.1) is 0 Å². The summed E-state index contributed by atoms with van der Waals surface area (Å²) in [6.45, 7) is 10.6. The minimum atomic E-state index is -1.43. The highest BCUT2D eigenvalue weighted by molar-refractivity contribution is 9.10. The van der Waals surface area contributed by atoms with E-state index in [1.807, 2.05) is 19.1 Å². The standard InChI is InChI=1S/C20H23BO2.C20H21Br.C4H8O/c1-3-5-6-16-7-9-17(10-8-16)11-12-19-13-14-20(21(22)23)15-18(19)4-2;1-3-5-6-16-7-9-17(10-8-16)11-12-19-13-14-20(21)15-18(19)4-2;1-2-4-5-3-1/h7-10,13-15,22-23H,3-6H2,1-2H3;7-10,13-15H,3-6H2,1-2H3;1-4H2. The van der Waals surface area contributed by atoms with E-state index < -0.39 is 7.12 Å². The summed E-state index contributed by atoms with van der Waals surface area (Å²) in [6, 6.07) is 28.7. The number of unbranched alkanes of at least 4 members (excludes halogenated alkanes) is 2. The number of ether oxygens (including phenoxy) is 1. The van der Waals surface area contributed by atoms with Gasteiger partial charge in [-0.25, -0.2) is 0 Å². The van der Waals surface area contributed by atoms with Crippen LogP contribution >= 0.6 is 15.9 Å². The largest absolute Gasteiger partial charge is 0.488 e. The first-order valence-electron chi connectivity index (χ1n) is 17.9. The van der Waals surface area contributed by atoms with E-state index in [-0.39, 0.29) is 0 Å². The SMILES string of the molecule is C1CCOC1.CCCCc1ccc(C#Cc2ccc(B(O)O)cc2CC)cc1.CCCCc1ccc(C#Cc2ccc(Br)cc2CC)cc1. The molecular formula is C44H52BBrO3. The molecule has 1 heterocycles. The maximum Gasteiger partial charge on any atom is 0.488 e. The third kappa shape index (κ3) is 14.8. The summed E-state index contributed by atoms with van der Waals surface area (Å²) in [7, 11) is -1.43. The third-order valence-electron chi connectivity index (χ3n) is 8.31. The Morgan fingerprint density at radius 1 is 0.612 bits per heavy atom. The summed E-state index contributed by atoms with van der Waals surface area (Å²) in [4.78, 5) is 0. The van der Waals surface area contributed by atoms with Gasteiger partial charge in [0, 0.05) is 39.9 Å². The highest BCUT2D eigenvalue weighted by Crippen LogP contribution is 2.17. The van der Waals surface area contributed by atoms with Crippen LogP contribution in [0.25, 0.3) is 0 Å². The second kappa shape index (κ2) is 22.9. The van der Waals surface area contributed by atoms with Gasteiger partial charge < -0.3 is 14.8 Å². The van der Waals surface area contributed by atoms with Crippen LogP contribution in [0.15, 0.2) is 89.4 Å². The molecule has 0 atom stereocenters.